The van der Waals surface area contributed by atoms with Crippen molar-refractivity contribution in [3.63, 3.8) is 0 Å². The number of hydrogen-bond donors (Lipinski definition) is 2. The van der Waals surface area contributed by atoms with Gasteiger partial charge in [0.25, 0.3) is 0 Å². The lowest BCUT2D eigenvalue weighted by molar-refractivity contribution is -0.134. The van der Waals surface area contributed by atoms with Crippen LogP contribution in [0, 0.1) is 10.8 Å². The van der Waals surface area contributed by atoms with Gasteiger partial charge in [-0.1, -0.05) is 34.1 Å². The standard InChI is InChI=1S/C15H30N2O/c1-6-7-15(8-10-16-11-9-15)13(18)17-12(2)14(3,4)5/h12,16H,6-11H2,1-5H3,(H,17,18). The monoisotopic (exact) mass is 254 g/mol. The van der Waals surface area contributed by atoms with Crippen molar-refractivity contribution in [1.29, 1.82) is 0 Å². The lowest BCUT2D eigenvalue weighted by Gasteiger charge is -2.39. The molecule has 18 heavy (non-hydrogen) atoms. The molecule has 0 radical (unpaired) electrons. The highest BCUT2D eigenvalue weighted by atomic mass is 16.2. The molecule has 1 amide bonds. The molecule has 0 bridgehead atoms. The number of carbonyl (C=O) groups is 1. The van der Waals surface area contributed by atoms with Crippen LogP contribution in [-0.4, -0.2) is 25.0 Å². The van der Waals surface area contributed by atoms with E-state index in [9.17, 15) is 4.79 Å². The molecule has 1 rings (SSSR count). The normalized spacial score (nSPS) is 21.4. The summed E-state index contributed by atoms with van der Waals surface area (Å²) < 4.78 is 0. The molecule has 1 atom stereocenters. The van der Waals surface area contributed by atoms with Gasteiger partial charge in [0.05, 0.1) is 5.41 Å². The summed E-state index contributed by atoms with van der Waals surface area (Å²) in [5.74, 6) is 0.272. The molecule has 3 heteroatoms. The lowest BCUT2D eigenvalue weighted by Crippen LogP contribution is -2.52. The summed E-state index contributed by atoms with van der Waals surface area (Å²) in [7, 11) is 0. The van der Waals surface area contributed by atoms with E-state index in [2.05, 4.69) is 45.3 Å². The predicted molar refractivity (Wildman–Crippen MR) is 76.5 cm³/mol. The molecule has 0 spiro atoms. The van der Waals surface area contributed by atoms with Crippen molar-refractivity contribution in [3.05, 3.63) is 0 Å². The van der Waals surface area contributed by atoms with Gasteiger partial charge in [0.15, 0.2) is 0 Å². The van der Waals surface area contributed by atoms with Crippen molar-refractivity contribution in [3.8, 4) is 0 Å². The molecule has 1 heterocycles. The maximum absolute atomic E-state index is 12.6. The summed E-state index contributed by atoms with van der Waals surface area (Å²) in [6, 6.07) is 0.216. The van der Waals surface area contributed by atoms with Crippen molar-refractivity contribution in [2.45, 2.75) is 66.3 Å². The molecule has 3 nitrogen and oxygen atoms in total. The van der Waals surface area contributed by atoms with Crippen molar-refractivity contribution < 1.29 is 4.79 Å². The van der Waals surface area contributed by atoms with Crippen LogP contribution in [0.4, 0.5) is 0 Å². The summed E-state index contributed by atoms with van der Waals surface area (Å²) in [6.07, 6.45) is 4.04. The molecular formula is C15H30N2O. The van der Waals surface area contributed by atoms with Crippen LogP contribution in [0.1, 0.15) is 60.3 Å². The lowest BCUT2D eigenvalue weighted by atomic mass is 9.74. The third kappa shape index (κ3) is 3.71. The van der Waals surface area contributed by atoms with Gasteiger partial charge in [-0.2, -0.15) is 0 Å². The molecule has 0 aromatic carbocycles. The Kier molecular flexibility index (Phi) is 5.20. The third-order valence-electron chi connectivity index (χ3n) is 4.42. The summed E-state index contributed by atoms with van der Waals surface area (Å²) >= 11 is 0. The van der Waals surface area contributed by atoms with Gasteiger partial charge in [-0.25, -0.2) is 0 Å². The second-order valence-corrected chi connectivity index (χ2v) is 6.84. The number of rotatable bonds is 4. The average Bonchev–Trinajstić information content (AvgIpc) is 2.29. The molecule has 0 aromatic heterocycles. The van der Waals surface area contributed by atoms with E-state index >= 15 is 0 Å². The molecular weight excluding hydrogens is 224 g/mol. The van der Waals surface area contributed by atoms with Crippen molar-refractivity contribution in [2.75, 3.05) is 13.1 Å². The van der Waals surface area contributed by atoms with Gasteiger partial charge < -0.3 is 10.6 Å². The summed E-state index contributed by atoms with van der Waals surface area (Å²) in [4.78, 5) is 12.6. The SMILES string of the molecule is CCCC1(C(=O)NC(C)C(C)(C)C)CCNCC1. The van der Waals surface area contributed by atoms with Gasteiger partial charge in [0.1, 0.15) is 0 Å². The van der Waals surface area contributed by atoms with Crippen LogP contribution < -0.4 is 10.6 Å². The minimum Gasteiger partial charge on any atom is -0.353 e. The van der Waals surface area contributed by atoms with E-state index in [1.807, 2.05) is 0 Å². The van der Waals surface area contributed by atoms with Crippen LogP contribution in [0.3, 0.4) is 0 Å². The molecule has 1 aliphatic heterocycles. The molecule has 0 aromatic rings. The molecule has 1 aliphatic rings. The molecule has 0 aliphatic carbocycles. The van der Waals surface area contributed by atoms with Crippen LogP contribution in [-0.2, 0) is 4.79 Å². The van der Waals surface area contributed by atoms with Gasteiger partial charge in [0.2, 0.25) is 5.91 Å². The number of carbonyl (C=O) groups excluding carboxylic acids is 1. The summed E-state index contributed by atoms with van der Waals surface area (Å²) in [5, 5.41) is 6.60. The number of amides is 1. The Morgan fingerprint density at radius 2 is 1.89 bits per heavy atom. The van der Waals surface area contributed by atoms with E-state index in [0.717, 1.165) is 38.8 Å². The molecule has 1 fully saturated rings. The second kappa shape index (κ2) is 6.05. The Bertz CT molecular complexity index is 269. The van der Waals surface area contributed by atoms with E-state index in [1.54, 1.807) is 0 Å². The molecule has 1 unspecified atom stereocenters. The average molecular weight is 254 g/mol. The Morgan fingerprint density at radius 1 is 1.33 bits per heavy atom. The Labute approximate surface area is 112 Å². The number of nitrogens with one attached hydrogen (secondary N) is 2. The first-order valence-electron chi connectivity index (χ1n) is 7.33. The molecule has 0 saturated carbocycles. The first kappa shape index (κ1) is 15.5. The maximum Gasteiger partial charge on any atom is 0.226 e. The van der Waals surface area contributed by atoms with Crippen LogP contribution in [0.2, 0.25) is 0 Å². The van der Waals surface area contributed by atoms with E-state index < -0.39 is 0 Å². The van der Waals surface area contributed by atoms with E-state index in [-0.39, 0.29) is 22.8 Å². The van der Waals surface area contributed by atoms with Gasteiger partial charge in [-0.05, 0) is 44.7 Å². The quantitative estimate of drug-likeness (QED) is 0.810. The van der Waals surface area contributed by atoms with E-state index in [4.69, 9.17) is 0 Å². The zero-order chi connectivity index (χ0) is 13.8. The largest absolute Gasteiger partial charge is 0.353 e. The minimum atomic E-state index is -0.125. The summed E-state index contributed by atoms with van der Waals surface area (Å²) in [5.41, 5.74) is -0.00447. The Morgan fingerprint density at radius 3 is 2.33 bits per heavy atom. The number of piperidine rings is 1. The van der Waals surface area contributed by atoms with Gasteiger partial charge >= 0.3 is 0 Å². The smallest absolute Gasteiger partial charge is 0.226 e. The fraction of sp³-hybridized carbons (Fsp3) is 0.933. The Hall–Kier alpha value is -0.570. The molecule has 106 valence electrons. The zero-order valence-corrected chi connectivity index (χ0v) is 12.7. The highest BCUT2D eigenvalue weighted by Crippen LogP contribution is 2.35. The first-order chi connectivity index (χ1) is 8.32. The topological polar surface area (TPSA) is 41.1 Å². The Balaban J connectivity index is 2.71. The minimum absolute atomic E-state index is 0.121. The number of hydrogen-bond acceptors (Lipinski definition) is 2. The van der Waals surface area contributed by atoms with Crippen LogP contribution >= 0.6 is 0 Å². The summed E-state index contributed by atoms with van der Waals surface area (Å²) in [6.45, 7) is 12.7. The predicted octanol–water partition coefficient (Wildman–Crippen LogP) is 2.71. The second-order valence-electron chi connectivity index (χ2n) is 6.84. The van der Waals surface area contributed by atoms with Crippen LogP contribution in [0.5, 0.6) is 0 Å². The highest BCUT2D eigenvalue weighted by Gasteiger charge is 2.39. The fourth-order valence-corrected chi connectivity index (χ4v) is 2.54. The van der Waals surface area contributed by atoms with Gasteiger partial charge in [-0.15, -0.1) is 0 Å². The van der Waals surface area contributed by atoms with Crippen molar-refractivity contribution in [1.82, 2.24) is 10.6 Å². The molecule has 2 N–H and O–H groups in total. The fourth-order valence-electron chi connectivity index (χ4n) is 2.54. The third-order valence-corrected chi connectivity index (χ3v) is 4.42. The van der Waals surface area contributed by atoms with Crippen LogP contribution in [0.15, 0.2) is 0 Å². The van der Waals surface area contributed by atoms with Crippen molar-refractivity contribution >= 4 is 5.91 Å². The van der Waals surface area contributed by atoms with E-state index in [0.29, 0.717) is 0 Å². The first-order valence-corrected chi connectivity index (χ1v) is 7.33. The van der Waals surface area contributed by atoms with E-state index in [1.165, 1.54) is 0 Å². The maximum atomic E-state index is 12.6. The van der Waals surface area contributed by atoms with Gasteiger partial charge in [0, 0.05) is 6.04 Å². The zero-order valence-electron chi connectivity index (χ0n) is 12.7. The van der Waals surface area contributed by atoms with Crippen LogP contribution in [0.25, 0.3) is 0 Å². The van der Waals surface area contributed by atoms with Gasteiger partial charge in [-0.3, -0.25) is 4.79 Å². The van der Waals surface area contributed by atoms with Crippen molar-refractivity contribution in [2.24, 2.45) is 10.8 Å². The molecule has 1 saturated heterocycles. The highest BCUT2D eigenvalue weighted by molar-refractivity contribution is 5.83.